The number of methoxy groups -OCH3 is 1. The average Bonchev–Trinajstić information content (AvgIpc) is 4.06. The first-order chi connectivity index (χ1) is 35.0. The topological polar surface area (TPSA) is 221 Å². The van der Waals surface area contributed by atoms with Crippen molar-refractivity contribution in [3.05, 3.63) is 11.6 Å². The van der Waals surface area contributed by atoms with E-state index < -0.39 is 132 Å². The van der Waals surface area contributed by atoms with Crippen molar-refractivity contribution in [2.45, 2.75) is 202 Å². The largest absolute Gasteiger partial charge is 0.462 e. The van der Waals surface area contributed by atoms with Crippen LogP contribution in [0.2, 0.25) is 0 Å². The molecule has 0 aliphatic carbocycles. The molecule has 2 saturated heterocycles. The van der Waals surface area contributed by atoms with E-state index in [1.54, 1.807) is 54.5 Å². The van der Waals surface area contributed by atoms with E-state index in [-0.39, 0.29) is 56.7 Å². The summed E-state index contributed by atoms with van der Waals surface area (Å²) in [4.78, 5) is 138. The lowest BCUT2D eigenvalue weighted by atomic mass is 9.93. The number of rotatable bonds is 11. The van der Waals surface area contributed by atoms with Gasteiger partial charge in [-0.1, -0.05) is 74.8 Å². The van der Waals surface area contributed by atoms with Crippen molar-refractivity contribution < 1.29 is 62.5 Å². The van der Waals surface area contributed by atoms with Crippen molar-refractivity contribution in [1.29, 1.82) is 0 Å². The monoisotopic (exact) mass is 1060 g/mol. The van der Waals surface area contributed by atoms with Crippen molar-refractivity contribution in [2.24, 2.45) is 35.5 Å². The van der Waals surface area contributed by atoms with E-state index in [1.807, 2.05) is 34.6 Å². The number of likely N-dealkylation sites (N-methyl/N-ethyl adjacent to an activating group) is 4. The second-order valence-electron chi connectivity index (χ2n) is 22.8. The fourth-order valence-electron chi connectivity index (χ4n) is 10.6. The molecule has 3 aliphatic heterocycles. The number of cyclic esters (lactones) is 2. The van der Waals surface area contributed by atoms with Gasteiger partial charge in [-0.25, -0.2) is 4.79 Å². The van der Waals surface area contributed by atoms with Gasteiger partial charge in [0, 0.05) is 48.4 Å². The number of amides is 6. The molecule has 3 aliphatic rings. The van der Waals surface area contributed by atoms with Gasteiger partial charge in [-0.2, -0.15) is 0 Å². The lowest BCUT2D eigenvalue weighted by Gasteiger charge is -2.41. The third-order valence-electron chi connectivity index (χ3n) is 16.2. The molecular formula is C56H94N6O13. The molecule has 75 heavy (non-hydrogen) atoms. The first-order valence-electron chi connectivity index (χ1n) is 27.5. The van der Waals surface area contributed by atoms with Gasteiger partial charge in [-0.15, -0.1) is 0 Å². The lowest BCUT2D eigenvalue weighted by Crippen LogP contribution is -2.62. The summed E-state index contributed by atoms with van der Waals surface area (Å²) in [6, 6.07) is -6.41. The van der Waals surface area contributed by atoms with Gasteiger partial charge < -0.3 is 48.7 Å². The number of hydrogen-bond donors (Lipinski definition) is 1. The summed E-state index contributed by atoms with van der Waals surface area (Å²) >= 11 is 0. The first kappa shape index (κ1) is 64.4. The predicted octanol–water partition coefficient (Wildman–Crippen LogP) is 4.89. The number of esters is 2. The van der Waals surface area contributed by atoms with Crippen LogP contribution in [0.4, 0.5) is 0 Å². The summed E-state index contributed by atoms with van der Waals surface area (Å²) in [5.41, 5.74) is 0.314. The predicted molar refractivity (Wildman–Crippen MR) is 283 cm³/mol. The molecule has 0 aromatic carbocycles. The molecule has 6 amide bonds. The zero-order valence-electron chi connectivity index (χ0n) is 48.5. The molecule has 0 aromatic heterocycles. The van der Waals surface area contributed by atoms with Crippen molar-refractivity contribution in [3.63, 3.8) is 0 Å². The van der Waals surface area contributed by atoms with Crippen LogP contribution in [-0.2, 0) is 57.4 Å². The van der Waals surface area contributed by atoms with Gasteiger partial charge in [-0.3, -0.25) is 38.4 Å². The number of carbonyl (C=O) groups excluding carboxylic acids is 9. The highest BCUT2D eigenvalue weighted by molar-refractivity contribution is 6.07. The quantitative estimate of drug-likeness (QED) is 0.215. The zero-order chi connectivity index (χ0) is 56.9. The lowest BCUT2D eigenvalue weighted by molar-refractivity contribution is -0.170. The van der Waals surface area contributed by atoms with Crippen LogP contribution in [0.3, 0.4) is 0 Å². The molecule has 0 spiro atoms. The van der Waals surface area contributed by atoms with Crippen LogP contribution >= 0.6 is 0 Å². The molecule has 0 radical (unpaired) electrons. The SMILES string of the molecule is CCC(C)C1C(=O)N(C)C(C(C)C)C(=O)N(C)C(COC)C(=O)N2CCCC2C(=O)N(C)C(C(C)C)C(=O)N2CCCC2C(=O)OC(CCCC(O)C(C)C)C(C)C(=O)OC(C)C(C)CC=C(C)C(=O)CC(=O)N1C. The number of ketones is 1. The average molecular weight is 1060 g/mol. The minimum atomic E-state index is -1.22. The van der Waals surface area contributed by atoms with Crippen LogP contribution < -0.4 is 0 Å². The fraction of sp³-hybridized carbons (Fsp3) is 0.804. The van der Waals surface area contributed by atoms with Crippen LogP contribution in [0, 0.1) is 35.5 Å². The van der Waals surface area contributed by atoms with E-state index in [1.165, 1.54) is 64.7 Å². The molecular weight excluding hydrogens is 965 g/mol. The number of fused-ring (bicyclic) bond motifs is 2. The molecule has 3 rings (SSSR count). The van der Waals surface area contributed by atoms with Crippen LogP contribution in [0.1, 0.15) is 147 Å². The van der Waals surface area contributed by atoms with Crippen molar-refractivity contribution >= 4 is 53.2 Å². The highest BCUT2D eigenvalue weighted by atomic mass is 16.6. The summed E-state index contributed by atoms with van der Waals surface area (Å²) in [5.74, 6) is -7.47. The van der Waals surface area contributed by atoms with Gasteiger partial charge in [0.25, 0.3) is 0 Å². The Hall–Kier alpha value is -4.91. The van der Waals surface area contributed by atoms with Crippen LogP contribution in [0.25, 0.3) is 0 Å². The standard InChI is InChI=1S/C56H94N6O13/c1-18-35(8)49-53(69)60(16)47(33(4)5)52(68)57(13)42(31-73-17)51(67)61-28-20-22-40(61)50(66)59(15)48(34(6)7)54(70)62-29-21-23-41(62)56(72)75-45(25-19-24-43(63)32(2)3)38(11)55(71)74-39(12)36(9)26-27-37(10)44(64)30-46(65)58(49)14/h27,32-36,38-43,45,47-49,63H,18-26,28-31H2,1-17H3. The van der Waals surface area contributed by atoms with E-state index in [4.69, 9.17) is 14.2 Å². The Bertz CT molecular complexity index is 2040. The first-order valence-corrected chi connectivity index (χ1v) is 27.5. The summed E-state index contributed by atoms with van der Waals surface area (Å²) in [6.07, 6.45) is 2.32. The molecule has 0 aromatic rings. The van der Waals surface area contributed by atoms with Crippen molar-refractivity contribution in [3.8, 4) is 0 Å². The van der Waals surface area contributed by atoms with Crippen molar-refractivity contribution in [2.75, 3.05) is 55.0 Å². The van der Waals surface area contributed by atoms with Gasteiger partial charge in [-0.05, 0) is 107 Å². The van der Waals surface area contributed by atoms with Crippen LogP contribution in [0.5, 0.6) is 0 Å². The Kier molecular flexibility index (Phi) is 24.9. The molecule has 19 heteroatoms. The normalized spacial score (nSPS) is 29.7. The molecule has 0 bridgehead atoms. The second-order valence-corrected chi connectivity index (χ2v) is 22.8. The molecule has 3 heterocycles. The third-order valence-corrected chi connectivity index (χ3v) is 16.2. The molecule has 2 fully saturated rings. The summed E-state index contributed by atoms with van der Waals surface area (Å²) in [6.45, 7) is 21.6. The molecule has 0 saturated carbocycles. The van der Waals surface area contributed by atoms with E-state index in [0.717, 1.165) is 0 Å². The van der Waals surface area contributed by atoms with Gasteiger partial charge in [0.2, 0.25) is 35.4 Å². The molecule has 1 N–H and O–H groups in total. The number of allylic oxidation sites excluding steroid dienone is 2. The van der Waals surface area contributed by atoms with E-state index in [2.05, 4.69) is 0 Å². The van der Waals surface area contributed by atoms with Crippen molar-refractivity contribution in [1.82, 2.24) is 29.4 Å². The van der Waals surface area contributed by atoms with Gasteiger partial charge >= 0.3 is 11.9 Å². The maximum absolute atomic E-state index is 14.8. The second kappa shape index (κ2) is 29.0. The molecule has 12 atom stereocenters. The van der Waals surface area contributed by atoms with Gasteiger partial charge in [0.1, 0.15) is 48.5 Å². The Labute approximate surface area is 447 Å². The Balaban J connectivity index is 2.16. The fourth-order valence-corrected chi connectivity index (χ4v) is 10.6. The Morgan fingerprint density at radius 3 is 1.76 bits per heavy atom. The maximum atomic E-state index is 14.8. The van der Waals surface area contributed by atoms with Gasteiger partial charge in [0.05, 0.1) is 25.0 Å². The summed E-state index contributed by atoms with van der Waals surface area (Å²) in [7, 11) is 7.34. The number of aliphatic hydroxyl groups excluding tert-OH is 1. The summed E-state index contributed by atoms with van der Waals surface area (Å²) in [5, 5.41) is 10.6. The smallest absolute Gasteiger partial charge is 0.329 e. The summed E-state index contributed by atoms with van der Waals surface area (Å²) < 4.78 is 17.7. The number of nitrogens with zero attached hydrogens (tertiary/aromatic N) is 6. The van der Waals surface area contributed by atoms with E-state index in [0.29, 0.717) is 44.1 Å². The number of carbonyl (C=O) groups is 9. The molecule has 12 unspecified atom stereocenters. The van der Waals surface area contributed by atoms with Crippen LogP contribution in [0.15, 0.2) is 11.6 Å². The minimum Gasteiger partial charge on any atom is -0.462 e. The Morgan fingerprint density at radius 1 is 0.680 bits per heavy atom. The number of Topliss-reactive ketones (excluding diaryl/α,β-unsaturated/α-hetero) is 1. The number of hydrogen-bond acceptors (Lipinski definition) is 13. The Morgan fingerprint density at radius 2 is 1.21 bits per heavy atom. The van der Waals surface area contributed by atoms with E-state index >= 15 is 0 Å². The maximum Gasteiger partial charge on any atom is 0.329 e. The molecule has 19 nitrogen and oxygen atoms in total. The van der Waals surface area contributed by atoms with E-state index in [9.17, 15) is 48.3 Å². The zero-order valence-corrected chi connectivity index (χ0v) is 48.5. The third kappa shape index (κ3) is 16.1. The minimum absolute atomic E-state index is 0.0168. The van der Waals surface area contributed by atoms with Crippen LogP contribution in [-0.4, -0.2) is 197 Å². The molecule has 426 valence electrons. The number of ether oxygens (including phenoxy) is 3. The number of aliphatic hydroxyl groups is 1. The highest BCUT2D eigenvalue weighted by Gasteiger charge is 2.48. The van der Waals surface area contributed by atoms with Gasteiger partial charge in [0.15, 0.2) is 5.78 Å². The highest BCUT2D eigenvalue weighted by Crippen LogP contribution is 2.30.